The maximum atomic E-state index is 12.3. The molecule has 1 saturated carbocycles. The lowest BCUT2D eigenvalue weighted by Gasteiger charge is -2.28. The number of hydrogen-bond donors (Lipinski definition) is 2. The number of aromatic nitrogens is 2. The van der Waals surface area contributed by atoms with Crippen LogP contribution >= 0.6 is 0 Å². The number of pyridine rings is 1. The first-order valence-corrected chi connectivity index (χ1v) is 7.02. The van der Waals surface area contributed by atoms with E-state index in [-0.39, 0.29) is 17.1 Å². The van der Waals surface area contributed by atoms with Crippen molar-refractivity contribution in [2.24, 2.45) is 11.7 Å². The predicted octanol–water partition coefficient (Wildman–Crippen LogP) is 1.59. The lowest BCUT2D eigenvalue weighted by atomic mass is 9.96. The van der Waals surface area contributed by atoms with E-state index in [4.69, 9.17) is 10.3 Å². The molecule has 0 radical (unpaired) electrons. The first-order chi connectivity index (χ1) is 10.1. The van der Waals surface area contributed by atoms with Crippen LogP contribution in [-0.4, -0.2) is 28.1 Å². The van der Waals surface area contributed by atoms with Crippen LogP contribution in [0.3, 0.4) is 0 Å². The number of carbonyl (C=O) groups is 1. The van der Waals surface area contributed by atoms with Crippen molar-refractivity contribution in [1.29, 1.82) is 0 Å². The molecule has 110 valence electrons. The van der Waals surface area contributed by atoms with Gasteiger partial charge in [-0.15, -0.1) is 0 Å². The molecule has 6 heteroatoms. The van der Waals surface area contributed by atoms with Gasteiger partial charge in [0.1, 0.15) is 0 Å². The molecule has 2 aromatic rings. The molecule has 1 fully saturated rings. The van der Waals surface area contributed by atoms with Gasteiger partial charge in [-0.3, -0.25) is 9.78 Å². The Morgan fingerprint density at radius 3 is 2.81 bits per heavy atom. The van der Waals surface area contributed by atoms with E-state index in [1.807, 2.05) is 6.92 Å². The minimum Gasteiger partial charge on any atom is -0.355 e. The smallest absolute Gasteiger partial charge is 0.273 e. The van der Waals surface area contributed by atoms with E-state index in [0.717, 1.165) is 18.4 Å². The number of rotatable bonds is 5. The van der Waals surface area contributed by atoms with Crippen LogP contribution in [0, 0.1) is 5.92 Å². The second kappa shape index (κ2) is 5.29. The Morgan fingerprint density at radius 2 is 2.19 bits per heavy atom. The molecule has 2 heterocycles. The first kappa shape index (κ1) is 13.8. The molecule has 3 N–H and O–H groups in total. The Bertz CT molecular complexity index is 636. The average molecular weight is 286 g/mol. The van der Waals surface area contributed by atoms with Gasteiger partial charge in [0, 0.05) is 30.6 Å². The molecule has 1 amide bonds. The monoisotopic (exact) mass is 286 g/mol. The Hall–Kier alpha value is -2.21. The maximum Gasteiger partial charge on any atom is 0.273 e. The van der Waals surface area contributed by atoms with Crippen molar-refractivity contribution in [3.05, 3.63) is 36.3 Å². The summed E-state index contributed by atoms with van der Waals surface area (Å²) in [5.74, 6) is 0.750. The molecular formula is C15H18N4O2. The van der Waals surface area contributed by atoms with E-state index < -0.39 is 0 Å². The molecule has 0 aromatic carbocycles. The van der Waals surface area contributed by atoms with E-state index >= 15 is 0 Å². The number of amides is 1. The molecule has 0 bridgehead atoms. The van der Waals surface area contributed by atoms with Crippen LogP contribution in [0.1, 0.15) is 30.3 Å². The Morgan fingerprint density at radius 1 is 1.48 bits per heavy atom. The quantitative estimate of drug-likeness (QED) is 0.870. The molecule has 3 rings (SSSR count). The van der Waals surface area contributed by atoms with Crippen LogP contribution in [0.15, 0.2) is 35.1 Å². The van der Waals surface area contributed by atoms with Crippen LogP contribution in [0.4, 0.5) is 0 Å². The van der Waals surface area contributed by atoms with Gasteiger partial charge in [0.15, 0.2) is 11.5 Å². The molecule has 0 saturated heterocycles. The fourth-order valence-electron chi connectivity index (χ4n) is 2.40. The highest BCUT2D eigenvalue weighted by Crippen LogP contribution is 2.39. The third-order valence-electron chi connectivity index (χ3n) is 4.01. The molecule has 1 aliphatic rings. The fraction of sp³-hybridized carbons (Fsp3) is 0.400. The van der Waals surface area contributed by atoms with Crippen molar-refractivity contribution < 1.29 is 9.32 Å². The second-order valence-electron chi connectivity index (χ2n) is 5.66. The van der Waals surface area contributed by atoms with Gasteiger partial charge in [-0.2, -0.15) is 0 Å². The highest BCUT2D eigenvalue weighted by atomic mass is 16.5. The summed E-state index contributed by atoms with van der Waals surface area (Å²) in [7, 11) is 0. The molecule has 1 aliphatic carbocycles. The zero-order valence-electron chi connectivity index (χ0n) is 11.9. The standard InChI is InChI=1S/C15H18N4O2/c1-15(9-16,11-2-3-11)18-14(20)12-8-13(21-19-12)10-4-6-17-7-5-10/h4-8,11H,2-3,9,16H2,1H3,(H,18,20). The molecule has 1 unspecified atom stereocenters. The summed E-state index contributed by atoms with van der Waals surface area (Å²) in [5, 5.41) is 6.83. The van der Waals surface area contributed by atoms with Crippen molar-refractivity contribution in [2.75, 3.05) is 6.54 Å². The summed E-state index contributed by atoms with van der Waals surface area (Å²) in [6.07, 6.45) is 5.54. The third-order valence-corrected chi connectivity index (χ3v) is 4.01. The van der Waals surface area contributed by atoms with E-state index in [1.54, 1.807) is 30.6 Å². The summed E-state index contributed by atoms with van der Waals surface area (Å²) in [6, 6.07) is 5.24. The lowest BCUT2D eigenvalue weighted by Crippen LogP contribution is -2.53. The third kappa shape index (κ3) is 2.80. The van der Waals surface area contributed by atoms with Crippen molar-refractivity contribution in [3.8, 4) is 11.3 Å². The first-order valence-electron chi connectivity index (χ1n) is 7.02. The van der Waals surface area contributed by atoms with Crippen molar-refractivity contribution in [3.63, 3.8) is 0 Å². The normalized spacial score (nSPS) is 17.2. The predicted molar refractivity (Wildman–Crippen MR) is 77.4 cm³/mol. The zero-order chi connectivity index (χ0) is 14.9. The highest BCUT2D eigenvalue weighted by Gasteiger charge is 2.42. The maximum absolute atomic E-state index is 12.3. The van der Waals surface area contributed by atoms with Crippen molar-refractivity contribution >= 4 is 5.91 Å². The molecule has 21 heavy (non-hydrogen) atoms. The Labute approximate surface area is 122 Å². The van der Waals surface area contributed by atoms with Crippen LogP contribution in [0.5, 0.6) is 0 Å². The number of carbonyl (C=O) groups excluding carboxylic acids is 1. The molecular weight excluding hydrogens is 268 g/mol. The zero-order valence-corrected chi connectivity index (χ0v) is 11.9. The van der Waals surface area contributed by atoms with E-state index in [2.05, 4.69) is 15.5 Å². The lowest BCUT2D eigenvalue weighted by molar-refractivity contribution is 0.0888. The van der Waals surface area contributed by atoms with Crippen molar-refractivity contribution in [2.45, 2.75) is 25.3 Å². The number of hydrogen-bond acceptors (Lipinski definition) is 5. The Balaban J connectivity index is 1.75. The summed E-state index contributed by atoms with van der Waals surface area (Å²) in [5.41, 5.74) is 6.54. The molecule has 2 aromatic heterocycles. The number of nitrogens with two attached hydrogens (primary N) is 1. The van der Waals surface area contributed by atoms with Crippen molar-refractivity contribution in [1.82, 2.24) is 15.5 Å². The highest BCUT2D eigenvalue weighted by molar-refractivity contribution is 5.93. The van der Waals surface area contributed by atoms with Gasteiger partial charge in [0.2, 0.25) is 0 Å². The van der Waals surface area contributed by atoms with Gasteiger partial charge in [-0.1, -0.05) is 5.16 Å². The van der Waals surface area contributed by atoms with Crippen LogP contribution in [0.2, 0.25) is 0 Å². The number of nitrogens with one attached hydrogen (secondary N) is 1. The average Bonchev–Trinajstić information content (AvgIpc) is 3.26. The van der Waals surface area contributed by atoms with Gasteiger partial charge < -0.3 is 15.6 Å². The molecule has 0 aliphatic heterocycles. The van der Waals surface area contributed by atoms with E-state index in [1.165, 1.54) is 0 Å². The summed E-state index contributed by atoms with van der Waals surface area (Å²) in [6.45, 7) is 2.39. The van der Waals surface area contributed by atoms with Gasteiger partial charge in [0.05, 0.1) is 5.54 Å². The minimum absolute atomic E-state index is 0.251. The van der Waals surface area contributed by atoms with Crippen LogP contribution in [0.25, 0.3) is 11.3 Å². The second-order valence-corrected chi connectivity index (χ2v) is 5.66. The van der Waals surface area contributed by atoms with E-state index in [0.29, 0.717) is 18.2 Å². The van der Waals surface area contributed by atoms with Gasteiger partial charge >= 0.3 is 0 Å². The largest absolute Gasteiger partial charge is 0.355 e. The van der Waals surface area contributed by atoms with Gasteiger partial charge in [-0.25, -0.2) is 0 Å². The van der Waals surface area contributed by atoms with Crippen LogP contribution in [-0.2, 0) is 0 Å². The molecule has 0 spiro atoms. The van der Waals surface area contributed by atoms with Gasteiger partial charge in [-0.05, 0) is 37.8 Å². The fourth-order valence-corrected chi connectivity index (χ4v) is 2.40. The van der Waals surface area contributed by atoms with E-state index in [9.17, 15) is 4.79 Å². The summed E-state index contributed by atoms with van der Waals surface area (Å²) >= 11 is 0. The molecule has 6 nitrogen and oxygen atoms in total. The topological polar surface area (TPSA) is 94.0 Å². The summed E-state index contributed by atoms with van der Waals surface area (Å²) in [4.78, 5) is 16.2. The summed E-state index contributed by atoms with van der Waals surface area (Å²) < 4.78 is 5.23. The van der Waals surface area contributed by atoms with Gasteiger partial charge in [0.25, 0.3) is 5.91 Å². The minimum atomic E-state index is -0.368. The van der Waals surface area contributed by atoms with Crippen LogP contribution < -0.4 is 11.1 Å². The SMILES string of the molecule is CC(CN)(NC(=O)c1cc(-c2ccncc2)on1)C1CC1. The Kier molecular flexibility index (Phi) is 3.47. The molecule has 1 atom stereocenters. The number of nitrogens with zero attached hydrogens (tertiary/aromatic N) is 2.